The van der Waals surface area contributed by atoms with Crippen molar-refractivity contribution in [2.75, 3.05) is 6.61 Å². The second-order valence-electron chi connectivity index (χ2n) is 7.94. The molecule has 0 amide bonds. The van der Waals surface area contributed by atoms with Crippen molar-refractivity contribution >= 4 is 6.29 Å². The van der Waals surface area contributed by atoms with E-state index in [0.29, 0.717) is 16.9 Å². The van der Waals surface area contributed by atoms with Crippen molar-refractivity contribution < 1.29 is 9.90 Å². The van der Waals surface area contributed by atoms with Gasteiger partial charge in [0.05, 0.1) is 6.61 Å². The molecule has 1 N–H and O–H groups in total. The molecular weight excluding hydrogens is 260 g/mol. The van der Waals surface area contributed by atoms with E-state index in [2.05, 4.69) is 27.4 Å². The molecule has 2 fully saturated rings. The minimum atomic E-state index is -0.158. The molecule has 0 aromatic heterocycles. The lowest BCUT2D eigenvalue weighted by Gasteiger charge is -2.58. The van der Waals surface area contributed by atoms with Gasteiger partial charge in [0.25, 0.3) is 0 Å². The number of rotatable bonds is 4. The fraction of sp³-hybridized carbons (Fsp3) is 0.737. The van der Waals surface area contributed by atoms with E-state index >= 15 is 0 Å². The predicted octanol–water partition coefficient (Wildman–Crippen LogP) is 4.29. The third-order valence-electron chi connectivity index (χ3n) is 6.27. The second-order valence-corrected chi connectivity index (χ2v) is 7.94. The quantitative estimate of drug-likeness (QED) is 0.476. The molecule has 2 aliphatic rings. The van der Waals surface area contributed by atoms with E-state index in [1.165, 1.54) is 31.3 Å². The van der Waals surface area contributed by atoms with Crippen LogP contribution in [0.3, 0.4) is 0 Å². The number of fused-ring (bicyclic) bond motifs is 1. The number of allylic oxidation sites excluding steroid dienone is 2. The minimum Gasteiger partial charge on any atom is -0.392 e. The molecule has 2 nitrogen and oxygen atoms in total. The Labute approximate surface area is 129 Å². The Hall–Kier alpha value is -0.890. The third kappa shape index (κ3) is 3.01. The van der Waals surface area contributed by atoms with Gasteiger partial charge in [-0.15, -0.1) is 0 Å². The van der Waals surface area contributed by atoms with E-state index in [-0.39, 0.29) is 12.0 Å². The number of hydrogen-bond acceptors (Lipinski definition) is 2. The van der Waals surface area contributed by atoms with Gasteiger partial charge in [-0.05, 0) is 54.8 Å². The van der Waals surface area contributed by atoms with E-state index < -0.39 is 0 Å². The SMILES string of the molecule is C=C1CCC2C(C)(C)CCCC2(C)C1CC=C(C=O)CO. The van der Waals surface area contributed by atoms with Crippen LogP contribution in [0.15, 0.2) is 23.8 Å². The zero-order valence-corrected chi connectivity index (χ0v) is 13.8. The highest BCUT2D eigenvalue weighted by atomic mass is 16.3. The Morgan fingerprint density at radius 2 is 2.10 bits per heavy atom. The van der Waals surface area contributed by atoms with E-state index in [0.717, 1.165) is 25.0 Å². The molecule has 0 aromatic rings. The maximum absolute atomic E-state index is 10.9. The summed E-state index contributed by atoms with van der Waals surface area (Å²) in [5.74, 6) is 1.17. The summed E-state index contributed by atoms with van der Waals surface area (Å²) in [6.07, 6.45) is 9.77. The molecule has 0 saturated heterocycles. The highest BCUT2D eigenvalue weighted by Gasteiger charge is 2.52. The van der Waals surface area contributed by atoms with Gasteiger partial charge in [-0.1, -0.05) is 45.4 Å². The van der Waals surface area contributed by atoms with Crippen LogP contribution in [0.4, 0.5) is 0 Å². The first-order valence-corrected chi connectivity index (χ1v) is 8.28. The second kappa shape index (κ2) is 6.08. The van der Waals surface area contributed by atoms with Gasteiger partial charge in [0.1, 0.15) is 6.29 Å². The molecule has 3 atom stereocenters. The molecule has 0 aromatic carbocycles. The summed E-state index contributed by atoms with van der Waals surface area (Å²) >= 11 is 0. The predicted molar refractivity (Wildman–Crippen MR) is 86.9 cm³/mol. The number of aliphatic hydroxyl groups excluding tert-OH is 1. The number of aliphatic hydroxyl groups is 1. The molecule has 2 aliphatic carbocycles. The standard InChI is InChI=1S/C19H30O2/c1-14-6-9-17-18(2,3)10-5-11-19(17,4)16(14)8-7-15(12-20)13-21/h7,12,16-17,21H,1,5-6,8-11,13H2,2-4H3. The fourth-order valence-electron chi connectivity index (χ4n) is 5.13. The molecule has 0 heterocycles. The number of carbonyl (C=O) groups is 1. The van der Waals surface area contributed by atoms with Gasteiger partial charge in [-0.2, -0.15) is 0 Å². The molecule has 0 radical (unpaired) electrons. The first kappa shape index (κ1) is 16.5. The van der Waals surface area contributed by atoms with Crippen LogP contribution in [0.25, 0.3) is 0 Å². The third-order valence-corrected chi connectivity index (χ3v) is 6.27. The van der Waals surface area contributed by atoms with E-state index in [1.54, 1.807) is 0 Å². The average Bonchev–Trinajstić information content (AvgIpc) is 2.41. The van der Waals surface area contributed by atoms with Crippen LogP contribution in [0.5, 0.6) is 0 Å². The average molecular weight is 290 g/mol. The Balaban J connectivity index is 2.27. The lowest BCUT2D eigenvalue weighted by Crippen LogP contribution is -2.49. The molecule has 0 aliphatic heterocycles. The van der Waals surface area contributed by atoms with E-state index in [4.69, 9.17) is 0 Å². The Morgan fingerprint density at radius 3 is 2.71 bits per heavy atom. The van der Waals surface area contributed by atoms with Crippen LogP contribution in [0.2, 0.25) is 0 Å². The lowest BCUT2D eigenvalue weighted by atomic mass is 9.47. The molecule has 21 heavy (non-hydrogen) atoms. The zero-order valence-electron chi connectivity index (χ0n) is 13.8. The monoisotopic (exact) mass is 290 g/mol. The van der Waals surface area contributed by atoms with Crippen molar-refractivity contribution in [2.45, 2.75) is 59.3 Å². The van der Waals surface area contributed by atoms with Gasteiger partial charge < -0.3 is 5.11 Å². The van der Waals surface area contributed by atoms with Crippen molar-refractivity contribution in [1.82, 2.24) is 0 Å². The van der Waals surface area contributed by atoms with Crippen molar-refractivity contribution in [1.29, 1.82) is 0 Å². The summed E-state index contributed by atoms with van der Waals surface area (Å²) in [6, 6.07) is 0. The molecule has 0 bridgehead atoms. The summed E-state index contributed by atoms with van der Waals surface area (Å²) in [7, 11) is 0. The van der Waals surface area contributed by atoms with Gasteiger partial charge in [-0.3, -0.25) is 4.79 Å². The van der Waals surface area contributed by atoms with Gasteiger partial charge in [-0.25, -0.2) is 0 Å². The van der Waals surface area contributed by atoms with Crippen LogP contribution in [0.1, 0.15) is 59.3 Å². The smallest absolute Gasteiger partial charge is 0.148 e. The maximum Gasteiger partial charge on any atom is 0.148 e. The van der Waals surface area contributed by atoms with Gasteiger partial charge in [0, 0.05) is 5.57 Å². The maximum atomic E-state index is 10.9. The molecule has 2 saturated carbocycles. The van der Waals surface area contributed by atoms with E-state index in [9.17, 15) is 9.90 Å². The van der Waals surface area contributed by atoms with Crippen LogP contribution < -0.4 is 0 Å². The summed E-state index contributed by atoms with van der Waals surface area (Å²) in [6.45, 7) is 11.4. The molecule has 2 rings (SSSR count). The number of aldehydes is 1. The molecule has 0 spiro atoms. The Bertz CT molecular complexity index is 446. The minimum absolute atomic E-state index is 0.158. The molecular formula is C19H30O2. The lowest BCUT2D eigenvalue weighted by molar-refractivity contribution is -0.105. The van der Waals surface area contributed by atoms with Crippen LogP contribution >= 0.6 is 0 Å². The molecule has 3 unspecified atom stereocenters. The summed E-state index contributed by atoms with van der Waals surface area (Å²) in [5.41, 5.74) is 2.53. The summed E-state index contributed by atoms with van der Waals surface area (Å²) in [4.78, 5) is 10.9. The number of carbonyl (C=O) groups excluding carboxylic acids is 1. The first-order valence-electron chi connectivity index (χ1n) is 8.28. The van der Waals surface area contributed by atoms with Crippen molar-refractivity contribution in [3.05, 3.63) is 23.8 Å². The van der Waals surface area contributed by atoms with Crippen molar-refractivity contribution in [3.63, 3.8) is 0 Å². The van der Waals surface area contributed by atoms with Gasteiger partial charge in [0.2, 0.25) is 0 Å². The largest absolute Gasteiger partial charge is 0.392 e. The topological polar surface area (TPSA) is 37.3 Å². The summed E-state index contributed by atoms with van der Waals surface area (Å²) in [5, 5.41) is 9.18. The highest BCUT2D eigenvalue weighted by Crippen LogP contribution is 2.61. The van der Waals surface area contributed by atoms with Gasteiger partial charge in [0.15, 0.2) is 0 Å². The Kier molecular flexibility index (Phi) is 4.77. The molecule has 2 heteroatoms. The van der Waals surface area contributed by atoms with Crippen molar-refractivity contribution in [3.8, 4) is 0 Å². The first-order chi connectivity index (χ1) is 9.85. The van der Waals surface area contributed by atoms with Crippen LogP contribution in [0, 0.1) is 22.7 Å². The van der Waals surface area contributed by atoms with Crippen LogP contribution in [-0.4, -0.2) is 18.0 Å². The highest BCUT2D eigenvalue weighted by molar-refractivity contribution is 5.73. The normalized spacial score (nSPS) is 36.2. The fourth-order valence-corrected chi connectivity index (χ4v) is 5.13. The van der Waals surface area contributed by atoms with E-state index in [1.807, 2.05) is 6.08 Å². The molecule has 118 valence electrons. The number of hydrogen-bond donors (Lipinski definition) is 1. The summed E-state index contributed by atoms with van der Waals surface area (Å²) < 4.78 is 0. The van der Waals surface area contributed by atoms with Gasteiger partial charge >= 0.3 is 0 Å². The van der Waals surface area contributed by atoms with Crippen LogP contribution in [-0.2, 0) is 4.79 Å². The Morgan fingerprint density at radius 1 is 1.38 bits per heavy atom. The van der Waals surface area contributed by atoms with Crippen molar-refractivity contribution in [2.24, 2.45) is 22.7 Å². The zero-order chi connectivity index (χ0) is 15.7.